The lowest BCUT2D eigenvalue weighted by Crippen LogP contribution is -2.47. The van der Waals surface area contributed by atoms with Crippen LogP contribution >= 0.6 is 0 Å². The monoisotopic (exact) mass is 369 g/mol. The number of aliphatic hydroxyl groups is 1. The van der Waals surface area contributed by atoms with Gasteiger partial charge in [-0.3, -0.25) is 9.59 Å². The number of hydrogen-bond acceptors (Lipinski definition) is 5. The van der Waals surface area contributed by atoms with E-state index in [0.29, 0.717) is 17.8 Å². The van der Waals surface area contributed by atoms with Gasteiger partial charge in [-0.15, -0.1) is 0 Å². The van der Waals surface area contributed by atoms with Crippen molar-refractivity contribution in [1.82, 2.24) is 4.31 Å². The molecule has 1 N–H and O–H groups in total. The van der Waals surface area contributed by atoms with E-state index >= 15 is 0 Å². The zero-order valence-electron chi connectivity index (χ0n) is 15.1. The van der Waals surface area contributed by atoms with Crippen LogP contribution in [0.15, 0.2) is 0 Å². The molecule has 0 aromatic heterocycles. The molecule has 5 rings (SSSR count). The van der Waals surface area contributed by atoms with Gasteiger partial charge in [0.25, 0.3) is 0 Å². The summed E-state index contributed by atoms with van der Waals surface area (Å²) in [4.78, 5) is 24.9. The minimum Gasteiger partial charge on any atom is -0.392 e. The number of Topliss-reactive ketones (excluding diaryl/α,β-unsaturated/α-hetero) is 1. The summed E-state index contributed by atoms with van der Waals surface area (Å²) in [5.41, 5.74) is -1.29. The fourth-order valence-electron chi connectivity index (χ4n) is 6.41. The lowest BCUT2D eigenvalue weighted by atomic mass is 9.78. The van der Waals surface area contributed by atoms with Crippen molar-refractivity contribution in [3.63, 3.8) is 0 Å². The molecule has 1 saturated heterocycles. The van der Waals surface area contributed by atoms with E-state index < -0.39 is 27.4 Å². The van der Waals surface area contributed by atoms with Crippen LogP contribution in [0.25, 0.3) is 0 Å². The summed E-state index contributed by atoms with van der Waals surface area (Å²) in [5, 5.41) is 10.5. The standard InChI is InChI=1S/C18H27NO5S/c1-4-13(20)17(2,3)14(21)7-15(22)19-16-12-6-11-5-10(12)8-18(11,16)9-25(19,23)24/h10-12,14,16,21H,4-9H2,1-3H3/t10?,11-,12?,14-,16-,18?/m0/s1. The van der Waals surface area contributed by atoms with E-state index in [-0.39, 0.29) is 35.8 Å². The summed E-state index contributed by atoms with van der Waals surface area (Å²) >= 11 is 0. The van der Waals surface area contributed by atoms with Crippen LogP contribution in [0.2, 0.25) is 0 Å². The Bertz CT molecular complexity index is 745. The molecule has 4 bridgehead atoms. The quantitative estimate of drug-likeness (QED) is 0.789. The topological polar surface area (TPSA) is 91.8 Å². The van der Waals surface area contributed by atoms with Crippen molar-refractivity contribution in [1.29, 1.82) is 0 Å². The fraction of sp³-hybridized carbons (Fsp3) is 0.889. The van der Waals surface area contributed by atoms with Crippen LogP contribution < -0.4 is 0 Å². The predicted octanol–water partition coefficient (Wildman–Crippen LogP) is 1.33. The summed E-state index contributed by atoms with van der Waals surface area (Å²) in [7, 11) is -3.62. The van der Waals surface area contributed by atoms with Gasteiger partial charge in [-0.2, -0.15) is 0 Å². The van der Waals surface area contributed by atoms with Crippen molar-refractivity contribution in [3.8, 4) is 0 Å². The number of ketones is 1. The van der Waals surface area contributed by atoms with Gasteiger partial charge in [-0.1, -0.05) is 20.8 Å². The number of hydrogen-bond donors (Lipinski definition) is 1. The van der Waals surface area contributed by atoms with Gasteiger partial charge in [0.15, 0.2) is 0 Å². The highest BCUT2D eigenvalue weighted by Gasteiger charge is 2.76. The summed E-state index contributed by atoms with van der Waals surface area (Å²) in [6, 6.07) is -0.203. The lowest BCUT2D eigenvalue weighted by molar-refractivity contribution is -0.138. The summed E-state index contributed by atoms with van der Waals surface area (Å²) in [5.74, 6) is 0.711. The molecule has 1 heterocycles. The second-order valence-electron chi connectivity index (χ2n) is 9.14. The Morgan fingerprint density at radius 2 is 2.00 bits per heavy atom. The highest BCUT2D eigenvalue weighted by molar-refractivity contribution is 7.90. The van der Waals surface area contributed by atoms with E-state index in [1.54, 1.807) is 20.8 Å². The maximum atomic E-state index is 12.9. The van der Waals surface area contributed by atoms with E-state index in [1.807, 2.05) is 0 Å². The number of sulfonamides is 1. The molecule has 5 fully saturated rings. The van der Waals surface area contributed by atoms with Gasteiger partial charge in [0.1, 0.15) is 5.78 Å². The molecule has 0 radical (unpaired) electrons. The normalized spacial score (nSPS) is 41.4. The van der Waals surface area contributed by atoms with Gasteiger partial charge in [0.2, 0.25) is 15.9 Å². The third kappa shape index (κ3) is 2.08. The molecule has 3 unspecified atom stereocenters. The molecule has 1 spiro atoms. The first-order valence-electron chi connectivity index (χ1n) is 9.31. The van der Waals surface area contributed by atoms with Gasteiger partial charge in [0, 0.05) is 17.3 Å². The van der Waals surface area contributed by atoms with Crippen LogP contribution in [0.4, 0.5) is 0 Å². The highest BCUT2D eigenvalue weighted by atomic mass is 32.2. The van der Waals surface area contributed by atoms with Crippen molar-refractivity contribution in [2.45, 2.75) is 65.0 Å². The average Bonchev–Trinajstić information content (AvgIpc) is 3.23. The minimum absolute atomic E-state index is 0.0848. The summed E-state index contributed by atoms with van der Waals surface area (Å²) < 4.78 is 26.6. The Hall–Kier alpha value is -0.950. The largest absolute Gasteiger partial charge is 0.392 e. The van der Waals surface area contributed by atoms with Crippen molar-refractivity contribution in [2.75, 3.05) is 5.75 Å². The van der Waals surface area contributed by atoms with E-state index in [1.165, 1.54) is 0 Å². The van der Waals surface area contributed by atoms with E-state index in [9.17, 15) is 23.1 Å². The van der Waals surface area contributed by atoms with Crippen LogP contribution in [0.1, 0.15) is 52.9 Å². The smallest absolute Gasteiger partial charge is 0.238 e. The van der Waals surface area contributed by atoms with Gasteiger partial charge >= 0.3 is 0 Å². The van der Waals surface area contributed by atoms with Crippen molar-refractivity contribution >= 4 is 21.7 Å². The average molecular weight is 369 g/mol. The number of rotatable bonds is 5. The number of carbonyl (C=O) groups is 2. The molecular formula is C18H27NO5S. The molecular weight excluding hydrogens is 342 g/mol. The molecule has 4 saturated carbocycles. The SMILES string of the molecule is CCC(=O)C(C)(C)[C@@H](O)CC(=O)N1[C@H]2C3C[C@@H]4CC3CC42CS1(=O)=O. The van der Waals surface area contributed by atoms with E-state index in [4.69, 9.17) is 0 Å². The highest BCUT2D eigenvalue weighted by Crippen LogP contribution is 2.74. The Labute approximate surface area is 149 Å². The number of carbonyl (C=O) groups excluding carboxylic acids is 2. The molecule has 140 valence electrons. The maximum absolute atomic E-state index is 12.9. The zero-order valence-corrected chi connectivity index (χ0v) is 15.9. The number of nitrogens with zero attached hydrogens (tertiary/aromatic N) is 1. The molecule has 4 aliphatic carbocycles. The van der Waals surface area contributed by atoms with Gasteiger partial charge in [-0.25, -0.2) is 12.7 Å². The molecule has 6 nitrogen and oxygen atoms in total. The van der Waals surface area contributed by atoms with E-state index in [0.717, 1.165) is 23.6 Å². The number of aliphatic hydroxyl groups excluding tert-OH is 1. The van der Waals surface area contributed by atoms with Gasteiger partial charge in [-0.05, 0) is 37.0 Å². The van der Waals surface area contributed by atoms with Crippen LogP contribution in [0.3, 0.4) is 0 Å². The first kappa shape index (κ1) is 17.5. The first-order valence-corrected chi connectivity index (χ1v) is 10.9. The Morgan fingerprint density at radius 3 is 2.56 bits per heavy atom. The van der Waals surface area contributed by atoms with Gasteiger partial charge < -0.3 is 5.11 Å². The summed E-state index contributed by atoms with van der Waals surface area (Å²) in [6.07, 6.45) is 1.87. The number of amides is 1. The molecule has 1 aliphatic heterocycles. The molecule has 0 aromatic rings. The third-order valence-corrected chi connectivity index (χ3v) is 9.62. The second-order valence-corrected chi connectivity index (χ2v) is 11.0. The molecule has 25 heavy (non-hydrogen) atoms. The summed E-state index contributed by atoms with van der Waals surface area (Å²) in [6.45, 7) is 4.95. The third-order valence-electron chi connectivity index (χ3n) is 7.69. The van der Waals surface area contributed by atoms with Crippen molar-refractivity contribution in [3.05, 3.63) is 0 Å². The second kappa shape index (κ2) is 5.06. The molecule has 6 atom stereocenters. The predicted molar refractivity (Wildman–Crippen MR) is 90.9 cm³/mol. The zero-order chi connectivity index (χ0) is 18.4. The van der Waals surface area contributed by atoms with Crippen LogP contribution in [-0.4, -0.2) is 47.4 Å². The van der Waals surface area contributed by atoms with Gasteiger partial charge in [0.05, 0.1) is 24.3 Å². The first-order chi connectivity index (χ1) is 11.5. The Morgan fingerprint density at radius 1 is 1.32 bits per heavy atom. The van der Waals surface area contributed by atoms with Crippen molar-refractivity contribution < 1.29 is 23.1 Å². The minimum atomic E-state index is -3.62. The molecule has 5 aliphatic rings. The van der Waals surface area contributed by atoms with Crippen LogP contribution in [0, 0.1) is 28.6 Å². The lowest BCUT2D eigenvalue weighted by Gasteiger charge is -2.33. The molecule has 0 aromatic carbocycles. The maximum Gasteiger partial charge on any atom is 0.238 e. The fourth-order valence-corrected chi connectivity index (χ4v) is 8.85. The van der Waals surface area contributed by atoms with E-state index in [2.05, 4.69) is 0 Å². The van der Waals surface area contributed by atoms with Crippen LogP contribution in [0.5, 0.6) is 0 Å². The van der Waals surface area contributed by atoms with Crippen molar-refractivity contribution in [2.24, 2.45) is 28.6 Å². The molecule has 1 amide bonds. The molecule has 7 heteroatoms. The van der Waals surface area contributed by atoms with Crippen LogP contribution in [-0.2, 0) is 19.6 Å². The Kier molecular flexibility index (Phi) is 3.54. The Balaban J connectivity index is 1.58.